The van der Waals surface area contributed by atoms with E-state index in [1.165, 1.54) is 17.0 Å². The molecule has 0 aromatic heterocycles. The average molecular weight is 244 g/mol. The van der Waals surface area contributed by atoms with Crippen LogP contribution < -0.4 is 0 Å². The van der Waals surface area contributed by atoms with Gasteiger partial charge in [0.2, 0.25) is 0 Å². The largest absolute Gasteiger partial charge is 0.338 e. The van der Waals surface area contributed by atoms with Gasteiger partial charge in [-0.3, -0.25) is 4.79 Å². The lowest BCUT2D eigenvalue weighted by Crippen LogP contribution is -2.36. The van der Waals surface area contributed by atoms with Crippen LogP contribution in [0, 0.1) is 12.7 Å². The van der Waals surface area contributed by atoms with Gasteiger partial charge in [0.1, 0.15) is 5.82 Å². The topological polar surface area (TPSA) is 20.3 Å². The second-order valence-corrected chi connectivity index (χ2v) is 4.25. The normalized spacial score (nSPS) is 12.3. The maximum Gasteiger partial charge on any atom is 0.253 e. The zero-order valence-electron chi connectivity index (χ0n) is 9.63. The van der Waals surface area contributed by atoms with Crippen molar-refractivity contribution in [3.05, 3.63) is 35.1 Å². The Kier molecular flexibility index (Phi) is 4.30. The first-order valence-electron chi connectivity index (χ1n) is 5.06. The predicted octanol–water partition coefficient (Wildman–Crippen LogP) is 2.83. The minimum Gasteiger partial charge on any atom is -0.338 e. The molecule has 0 bridgehead atoms. The first-order valence-corrected chi connectivity index (χ1v) is 5.59. The third kappa shape index (κ3) is 2.95. The standard InChI is InChI=1S/C12H15ClFNO/c1-8-4-10(6-11(14)5-8)12(16)15(3)9(2)7-13/h4-6,9H,7H2,1-3H3. The molecule has 88 valence electrons. The van der Waals surface area contributed by atoms with Gasteiger partial charge in [-0.15, -0.1) is 11.6 Å². The predicted molar refractivity (Wildman–Crippen MR) is 63.4 cm³/mol. The molecule has 4 heteroatoms. The smallest absolute Gasteiger partial charge is 0.253 e. The first kappa shape index (κ1) is 13.0. The highest BCUT2D eigenvalue weighted by atomic mass is 35.5. The molecule has 0 heterocycles. The van der Waals surface area contributed by atoms with Crippen molar-refractivity contribution in [3.8, 4) is 0 Å². The number of benzene rings is 1. The quantitative estimate of drug-likeness (QED) is 0.748. The van der Waals surface area contributed by atoms with E-state index in [1.807, 2.05) is 6.92 Å². The molecule has 0 aliphatic carbocycles. The number of halogens is 2. The minimum atomic E-state index is -0.393. The molecular weight excluding hydrogens is 229 g/mol. The lowest BCUT2D eigenvalue weighted by molar-refractivity contribution is 0.0756. The van der Waals surface area contributed by atoms with Crippen molar-refractivity contribution < 1.29 is 9.18 Å². The maximum absolute atomic E-state index is 13.1. The van der Waals surface area contributed by atoms with Gasteiger partial charge in [0, 0.05) is 24.5 Å². The van der Waals surface area contributed by atoms with Crippen molar-refractivity contribution in [1.82, 2.24) is 4.90 Å². The summed E-state index contributed by atoms with van der Waals surface area (Å²) in [7, 11) is 1.66. The number of carbonyl (C=O) groups is 1. The van der Waals surface area contributed by atoms with E-state index in [0.717, 1.165) is 5.56 Å². The molecule has 0 fully saturated rings. The zero-order valence-corrected chi connectivity index (χ0v) is 10.4. The number of carbonyl (C=O) groups excluding carboxylic acids is 1. The fraction of sp³-hybridized carbons (Fsp3) is 0.417. The third-order valence-electron chi connectivity index (χ3n) is 2.49. The van der Waals surface area contributed by atoms with E-state index in [9.17, 15) is 9.18 Å². The van der Waals surface area contributed by atoms with Gasteiger partial charge in [-0.1, -0.05) is 0 Å². The highest BCUT2D eigenvalue weighted by Crippen LogP contribution is 2.12. The molecule has 0 aliphatic rings. The lowest BCUT2D eigenvalue weighted by atomic mass is 10.1. The second kappa shape index (κ2) is 5.30. The Morgan fingerprint density at radius 3 is 2.62 bits per heavy atom. The first-order chi connectivity index (χ1) is 7.45. The summed E-state index contributed by atoms with van der Waals surface area (Å²) in [5, 5.41) is 0. The van der Waals surface area contributed by atoms with E-state index in [-0.39, 0.29) is 11.9 Å². The average Bonchev–Trinajstić information content (AvgIpc) is 2.24. The van der Waals surface area contributed by atoms with Gasteiger partial charge in [0.15, 0.2) is 0 Å². The van der Waals surface area contributed by atoms with Crippen LogP contribution in [0.2, 0.25) is 0 Å². The minimum absolute atomic E-state index is 0.0715. The molecule has 0 saturated carbocycles. The van der Waals surface area contributed by atoms with Gasteiger partial charge in [-0.25, -0.2) is 4.39 Å². The van der Waals surface area contributed by atoms with Gasteiger partial charge < -0.3 is 4.90 Å². The van der Waals surface area contributed by atoms with Gasteiger partial charge in [-0.05, 0) is 37.6 Å². The summed E-state index contributed by atoms with van der Waals surface area (Å²) in [4.78, 5) is 13.5. The van der Waals surface area contributed by atoms with E-state index in [1.54, 1.807) is 20.0 Å². The van der Waals surface area contributed by atoms with E-state index in [0.29, 0.717) is 11.4 Å². The molecule has 1 amide bonds. The Balaban J connectivity index is 2.96. The van der Waals surface area contributed by atoms with Crippen molar-refractivity contribution in [2.45, 2.75) is 19.9 Å². The summed E-state index contributed by atoms with van der Waals surface area (Å²) in [6.45, 7) is 3.60. The van der Waals surface area contributed by atoms with E-state index in [2.05, 4.69) is 0 Å². The van der Waals surface area contributed by atoms with Crippen LogP contribution >= 0.6 is 11.6 Å². The highest BCUT2D eigenvalue weighted by Gasteiger charge is 2.17. The van der Waals surface area contributed by atoms with Crippen LogP contribution in [0.3, 0.4) is 0 Å². The van der Waals surface area contributed by atoms with Gasteiger partial charge in [0.05, 0.1) is 0 Å². The van der Waals surface area contributed by atoms with Crippen LogP contribution in [0.25, 0.3) is 0 Å². The van der Waals surface area contributed by atoms with Crippen LogP contribution in [-0.4, -0.2) is 29.8 Å². The Morgan fingerprint density at radius 2 is 2.12 bits per heavy atom. The Hall–Kier alpha value is -1.09. The van der Waals surface area contributed by atoms with Gasteiger partial charge >= 0.3 is 0 Å². The molecule has 0 radical (unpaired) electrons. The number of rotatable bonds is 3. The molecule has 2 nitrogen and oxygen atoms in total. The molecule has 1 atom stereocenters. The fourth-order valence-electron chi connectivity index (χ4n) is 1.37. The Bertz CT molecular complexity index is 374. The third-order valence-corrected chi connectivity index (χ3v) is 2.94. The van der Waals surface area contributed by atoms with Gasteiger partial charge in [0.25, 0.3) is 5.91 Å². The van der Waals surface area contributed by atoms with Crippen LogP contribution in [0.15, 0.2) is 18.2 Å². The van der Waals surface area contributed by atoms with Crippen molar-refractivity contribution in [3.63, 3.8) is 0 Å². The van der Waals surface area contributed by atoms with Crippen LogP contribution in [0.4, 0.5) is 4.39 Å². The number of nitrogens with zero attached hydrogens (tertiary/aromatic N) is 1. The molecular formula is C12H15ClFNO. The molecule has 0 N–H and O–H groups in total. The molecule has 1 aromatic carbocycles. The Morgan fingerprint density at radius 1 is 1.50 bits per heavy atom. The van der Waals surface area contributed by atoms with E-state index >= 15 is 0 Å². The van der Waals surface area contributed by atoms with Crippen molar-refractivity contribution in [2.24, 2.45) is 0 Å². The molecule has 0 saturated heterocycles. The molecule has 16 heavy (non-hydrogen) atoms. The van der Waals surface area contributed by atoms with E-state index < -0.39 is 5.82 Å². The van der Waals surface area contributed by atoms with Crippen LogP contribution in [0.5, 0.6) is 0 Å². The summed E-state index contributed by atoms with van der Waals surface area (Å²) in [5.74, 6) is -0.248. The SMILES string of the molecule is Cc1cc(F)cc(C(=O)N(C)C(C)CCl)c1. The molecule has 1 unspecified atom stereocenters. The summed E-state index contributed by atoms with van der Waals surface area (Å²) >= 11 is 5.67. The van der Waals surface area contributed by atoms with Crippen LogP contribution in [0.1, 0.15) is 22.8 Å². The molecule has 0 spiro atoms. The second-order valence-electron chi connectivity index (χ2n) is 3.94. The number of amides is 1. The lowest BCUT2D eigenvalue weighted by Gasteiger charge is -2.23. The van der Waals surface area contributed by atoms with Crippen molar-refractivity contribution in [2.75, 3.05) is 12.9 Å². The van der Waals surface area contributed by atoms with E-state index in [4.69, 9.17) is 11.6 Å². The zero-order chi connectivity index (χ0) is 12.3. The Labute approximate surface area is 100 Å². The maximum atomic E-state index is 13.1. The summed E-state index contributed by atoms with van der Waals surface area (Å²) in [5.41, 5.74) is 1.09. The number of hydrogen-bond donors (Lipinski definition) is 0. The van der Waals surface area contributed by atoms with Gasteiger partial charge in [-0.2, -0.15) is 0 Å². The summed E-state index contributed by atoms with van der Waals surface area (Å²) < 4.78 is 13.1. The van der Waals surface area contributed by atoms with Crippen molar-refractivity contribution >= 4 is 17.5 Å². The highest BCUT2D eigenvalue weighted by molar-refractivity contribution is 6.18. The molecule has 0 aliphatic heterocycles. The molecule has 1 aromatic rings. The molecule has 1 rings (SSSR count). The monoisotopic (exact) mass is 243 g/mol. The number of aryl methyl sites for hydroxylation is 1. The summed E-state index contributed by atoms with van der Waals surface area (Å²) in [6, 6.07) is 4.23. The summed E-state index contributed by atoms with van der Waals surface area (Å²) in [6.07, 6.45) is 0. The van der Waals surface area contributed by atoms with Crippen molar-refractivity contribution in [1.29, 1.82) is 0 Å². The number of alkyl halides is 1. The fourth-order valence-corrected chi connectivity index (χ4v) is 1.57. The number of hydrogen-bond acceptors (Lipinski definition) is 1. The van der Waals surface area contributed by atoms with Crippen LogP contribution in [-0.2, 0) is 0 Å².